The van der Waals surface area contributed by atoms with Gasteiger partial charge in [0.05, 0.1) is 0 Å². The summed E-state index contributed by atoms with van der Waals surface area (Å²) in [4.78, 5) is 0. The summed E-state index contributed by atoms with van der Waals surface area (Å²) in [5.41, 5.74) is 1.16. The lowest BCUT2D eigenvalue weighted by Crippen LogP contribution is -2.19. The minimum Gasteiger partial charge on any atom is -0.428 e. The Balaban J connectivity index is 2.26. The van der Waals surface area contributed by atoms with E-state index in [4.69, 9.17) is 14.2 Å². The van der Waals surface area contributed by atoms with E-state index in [2.05, 4.69) is 13.8 Å². The summed E-state index contributed by atoms with van der Waals surface area (Å²) in [5, 5.41) is 0. The van der Waals surface area contributed by atoms with Gasteiger partial charge in [0.25, 0.3) is 0 Å². The molecule has 0 aromatic heterocycles. The van der Waals surface area contributed by atoms with E-state index in [0.29, 0.717) is 0 Å². The number of hydrogen-bond acceptors (Lipinski definition) is 3. The van der Waals surface area contributed by atoms with Crippen LogP contribution in [0.4, 0.5) is 0 Å². The second kappa shape index (κ2) is 3.50. The van der Waals surface area contributed by atoms with E-state index in [0.717, 1.165) is 17.1 Å². The van der Waals surface area contributed by atoms with Gasteiger partial charge in [-0.2, -0.15) is 0 Å². The Labute approximate surface area is 83.6 Å². The van der Waals surface area contributed by atoms with Crippen molar-refractivity contribution in [1.29, 1.82) is 0 Å². The van der Waals surface area contributed by atoms with Gasteiger partial charge in [-0.15, -0.1) is 0 Å². The van der Waals surface area contributed by atoms with E-state index in [1.165, 1.54) is 5.92 Å². The molecule has 3 nitrogen and oxygen atoms in total. The van der Waals surface area contributed by atoms with E-state index in [9.17, 15) is 0 Å². The van der Waals surface area contributed by atoms with E-state index >= 15 is 0 Å². The molecule has 3 heteroatoms. The fourth-order valence-electron chi connectivity index (χ4n) is 1.34. The first-order valence-corrected chi connectivity index (χ1v) is 4.51. The fraction of sp³-hybridized carbons (Fsp3) is 0.364. The summed E-state index contributed by atoms with van der Waals surface area (Å²) in [7, 11) is 1.55. The highest BCUT2D eigenvalue weighted by Gasteiger charge is 2.23. The maximum absolute atomic E-state index is 5.39. The van der Waals surface area contributed by atoms with Gasteiger partial charge in [-0.3, -0.25) is 0 Å². The molecule has 0 fully saturated rings. The van der Waals surface area contributed by atoms with Crippen LogP contribution in [0.5, 0.6) is 11.5 Å². The van der Waals surface area contributed by atoms with E-state index in [-0.39, 0.29) is 0 Å². The van der Waals surface area contributed by atoms with Crippen LogP contribution in [0.1, 0.15) is 19.4 Å². The normalized spacial score (nSPS) is 19.0. The molecule has 1 aliphatic heterocycles. The summed E-state index contributed by atoms with van der Waals surface area (Å²) < 4.78 is 15.7. The molecule has 0 bridgehead atoms. The fourth-order valence-corrected chi connectivity index (χ4v) is 1.34. The average molecular weight is 193 g/mol. The zero-order valence-electron chi connectivity index (χ0n) is 8.53. The summed E-state index contributed by atoms with van der Waals surface area (Å²) in [6.45, 7) is 3.52. The lowest BCUT2D eigenvalue weighted by Gasteiger charge is -2.05. The van der Waals surface area contributed by atoms with Crippen molar-refractivity contribution >= 4 is 0 Å². The van der Waals surface area contributed by atoms with Gasteiger partial charge in [0, 0.05) is 7.11 Å². The van der Waals surface area contributed by atoms with Crippen LogP contribution in [-0.2, 0) is 4.74 Å². The Morgan fingerprint density at radius 1 is 1.21 bits per heavy atom. The molecule has 1 aromatic rings. The van der Waals surface area contributed by atoms with Crippen molar-refractivity contribution in [3.63, 3.8) is 0 Å². The van der Waals surface area contributed by atoms with E-state index in [1.807, 2.05) is 18.2 Å². The predicted molar refractivity (Wildman–Crippen MR) is 52.2 cm³/mol. The SMILES string of the molecule is COC1Oc2ccc([C](C)C)cc2O1. The highest BCUT2D eigenvalue weighted by Crippen LogP contribution is 2.36. The van der Waals surface area contributed by atoms with Gasteiger partial charge in [0.1, 0.15) is 0 Å². The third-order valence-corrected chi connectivity index (χ3v) is 2.16. The number of hydrogen-bond donors (Lipinski definition) is 0. The Morgan fingerprint density at radius 3 is 2.57 bits per heavy atom. The zero-order valence-corrected chi connectivity index (χ0v) is 8.53. The first-order valence-electron chi connectivity index (χ1n) is 4.51. The summed E-state index contributed by atoms with van der Waals surface area (Å²) in [6, 6.07) is 5.87. The summed E-state index contributed by atoms with van der Waals surface area (Å²) >= 11 is 0. The minimum atomic E-state index is -0.600. The monoisotopic (exact) mass is 193 g/mol. The first kappa shape index (κ1) is 9.34. The lowest BCUT2D eigenvalue weighted by molar-refractivity contribution is -0.157. The van der Waals surface area contributed by atoms with Gasteiger partial charge in [-0.1, -0.05) is 19.9 Å². The maximum atomic E-state index is 5.39. The smallest absolute Gasteiger partial charge is 0.360 e. The number of methoxy groups -OCH3 is 1. The Hall–Kier alpha value is -1.22. The van der Waals surface area contributed by atoms with E-state index < -0.39 is 6.48 Å². The number of ether oxygens (including phenoxy) is 3. The van der Waals surface area contributed by atoms with Crippen LogP contribution in [0, 0.1) is 5.92 Å². The number of rotatable bonds is 2. The Bertz CT molecular complexity index is 333. The first-order chi connectivity index (χ1) is 6.70. The van der Waals surface area contributed by atoms with Gasteiger partial charge >= 0.3 is 6.48 Å². The quantitative estimate of drug-likeness (QED) is 0.721. The van der Waals surface area contributed by atoms with Gasteiger partial charge in [0.2, 0.25) is 0 Å². The largest absolute Gasteiger partial charge is 0.428 e. The summed E-state index contributed by atoms with van der Waals surface area (Å²) in [6.07, 6.45) is 0. The van der Waals surface area contributed by atoms with Crippen LogP contribution in [0.25, 0.3) is 0 Å². The molecule has 0 saturated heterocycles. The highest BCUT2D eigenvalue weighted by atomic mass is 16.9. The molecule has 75 valence electrons. The molecule has 0 aliphatic carbocycles. The molecule has 0 spiro atoms. The van der Waals surface area contributed by atoms with Crippen molar-refractivity contribution < 1.29 is 14.2 Å². The second-order valence-electron chi connectivity index (χ2n) is 3.42. The molecule has 1 unspecified atom stereocenters. The topological polar surface area (TPSA) is 27.7 Å². The molecule has 1 atom stereocenters. The van der Waals surface area contributed by atoms with Crippen LogP contribution in [-0.4, -0.2) is 13.6 Å². The molecule has 1 aromatic carbocycles. The summed E-state index contributed by atoms with van der Waals surface area (Å²) in [5.74, 6) is 2.73. The van der Waals surface area contributed by atoms with Crippen molar-refractivity contribution in [1.82, 2.24) is 0 Å². The molecule has 1 aliphatic rings. The van der Waals surface area contributed by atoms with Crippen LogP contribution >= 0.6 is 0 Å². The number of fused-ring (bicyclic) bond motifs is 1. The van der Waals surface area contributed by atoms with Gasteiger partial charge < -0.3 is 14.2 Å². The van der Waals surface area contributed by atoms with Crippen molar-refractivity contribution in [3.05, 3.63) is 29.7 Å². The maximum Gasteiger partial charge on any atom is 0.360 e. The van der Waals surface area contributed by atoms with Crippen LogP contribution < -0.4 is 9.47 Å². The molecule has 1 heterocycles. The lowest BCUT2D eigenvalue weighted by atomic mass is 10.0. The molecule has 2 rings (SSSR count). The molecule has 0 N–H and O–H groups in total. The predicted octanol–water partition coefficient (Wildman–Crippen LogP) is 2.35. The minimum absolute atomic E-state index is 0.600. The zero-order chi connectivity index (χ0) is 10.1. The van der Waals surface area contributed by atoms with Crippen molar-refractivity contribution in [2.75, 3.05) is 7.11 Å². The molecule has 1 radical (unpaired) electrons. The molecular formula is C11H13O3. The van der Waals surface area contributed by atoms with Crippen LogP contribution in [0.15, 0.2) is 18.2 Å². The Morgan fingerprint density at radius 2 is 1.93 bits per heavy atom. The standard InChI is InChI=1S/C11H13O3/c1-7(2)8-4-5-9-10(6-8)14-11(12-3)13-9/h4-6,11H,1-3H3. The van der Waals surface area contributed by atoms with Crippen molar-refractivity contribution in [2.45, 2.75) is 20.3 Å². The molecule has 0 saturated carbocycles. The van der Waals surface area contributed by atoms with Crippen LogP contribution in [0.2, 0.25) is 0 Å². The van der Waals surface area contributed by atoms with E-state index in [1.54, 1.807) is 7.11 Å². The van der Waals surface area contributed by atoms with Crippen molar-refractivity contribution in [3.8, 4) is 11.5 Å². The van der Waals surface area contributed by atoms with Gasteiger partial charge in [-0.05, 0) is 23.6 Å². The molecule has 14 heavy (non-hydrogen) atoms. The third-order valence-electron chi connectivity index (χ3n) is 2.16. The highest BCUT2D eigenvalue weighted by molar-refractivity contribution is 5.47. The molecular weight excluding hydrogens is 180 g/mol. The van der Waals surface area contributed by atoms with Gasteiger partial charge in [-0.25, -0.2) is 0 Å². The number of benzene rings is 1. The van der Waals surface area contributed by atoms with Gasteiger partial charge in [0.15, 0.2) is 11.5 Å². The third kappa shape index (κ3) is 1.55. The van der Waals surface area contributed by atoms with Crippen molar-refractivity contribution in [2.24, 2.45) is 0 Å². The van der Waals surface area contributed by atoms with Crippen LogP contribution in [0.3, 0.4) is 0 Å². The second-order valence-corrected chi connectivity index (χ2v) is 3.42. The average Bonchev–Trinajstić information content (AvgIpc) is 2.58. The Kier molecular flexibility index (Phi) is 2.33. The molecule has 0 amide bonds.